The van der Waals surface area contributed by atoms with E-state index in [1.165, 1.54) is 0 Å². The van der Waals surface area contributed by atoms with Crippen LogP contribution in [0.4, 0.5) is 5.82 Å². The fourth-order valence-electron chi connectivity index (χ4n) is 1.43. The van der Waals surface area contributed by atoms with Crippen LogP contribution in [0.25, 0.3) is 0 Å². The van der Waals surface area contributed by atoms with Gasteiger partial charge in [-0.25, -0.2) is 4.98 Å². The highest BCUT2D eigenvalue weighted by Gasteiger charge is 2.09. The summed E-state index contributed by atoms with van der Waals surface area (Å²) in [6.45, 7) is 4.65. The third-order valence-corrected chi connectivity index (χ3v) is 2.43. The second-order valence-corrected chi connectivity index (χ2v) is 3.71. The topological polar surface area (TPSA) is 67.2 Å². The van der Waals surface area contributed by atoms with E-state index in [1.807, 2.05) is 13.8 Å². The van der Waals surface area contributed by atoms with Crippen molar-refractivity contribution in [3.05, 3.63) is 22.7 Å². The lowest BCUT2D eigenvalue weighted by Gasteiger charge is -2.14. The summed E-state index contributed by atoms with van der Waals surface area (Å²) in [7, 11) is 0. The first kappa shape index (κ1) is 12.7. The Bertz CT molecular complexity index is 372. The van der Waals surface area contributed by atoms with Crippen molar-refractivity contribution in [2.24, 2.45) is 0 Å². The maximum atomic E-state index is 11.9. The fraction of sp³-hybridized carbons (Fsp3) is 0.636. The molecular formula is C11H19N3O2. The third-order valence-electron chi connectivity index (χ3n) is 2.43. The van der Waals surface area contributed by atoms with E-state index >= 15 is 0 Å². The van der Waals surface area contributed by atoms with Crippen LogP contribution in [0.1, 0.15) is 26.7 Å². The van der Waals surface area contributed by atoms with Crippen LogP contribution in [0, 0.1) is 0 Å². The van der Waals surface area contributed by atoms with E-state index in [0.717, 1.165) is 12.8 Å². The Labute approximate surface area is 95.1 Å². The van der Waals surface area contributed by atoms with Gasteiger partial charge in [-0.1, -0.05) is 13.8 Å². The van der Waals surface area contributed by atoms with Crippen molar-refractivity contribution >= 4 is 5.82 Å². The minimum Gasteiger partial charge on any atom is -0.394 e. The van der Waals surface area contributed by atoms with E-state index < -0.39 is 0 Å². The van der Waals surface area contributed by atoms with Crippen molar-refractivity contribution in [3.8, 4) is 0 Å². The van der Waals surface area contributed by atoms with Gasteiger partial charge in [-0.15, -0.1) is 0 Å². The average Bonchev–Trinajstić information content (AvgIpc) is 2.30. The first-order valence-corrected chi connectivity index (χ1v) is 5.65. The summed E-state index contributed by atoms with van der Waals surface area (Å²) < 4.78 is 1.62. The molecule has 1 heterocycles. The van der Waals surface area contributed by atoms with Crippen molar-refractivity contribution < 1.29 is 5.11 Å². The SMILES string of the molecule is CCCn1ccnc(NC(CC)CO)c1=O. The predicted octanol–water partition coefficient (Wildman–Crippen LogP) is 0.836. The molecule has 0 aliphatic carbocycles. The van der Waals surface area contributed by atoms with Crippen LogP contribution in [0.5, 0.6) is 0 Å². The van der Waals surface area contributed by atoms with E-state index in [4.69, 9.17) is 5.11 Å². The molecule has 0 radical (unpaired) electrons. The monoisotopic (exact) mass is 225 g/mol. The molecule has 0 bridgehead atoms. The number of aliphatic hydroxyl groups is 1. The van der Waals surface area contributed by atoms with Gasteiger partial charge in [-0.2, -0.15) is 0 Å². The van der Waals surface area contributed by atoms with Gasteiger partial charge in [0.2, 0.25) is 0 Å². The van der Waals surface area contributed by atoms with Gasteiger partial charge < -0.3 is 15.0 Å². The number of aliphatic hydroxyl groups excluding tert-OH is 1. The highest BCUT2D eigenvalue weighted by Crippen LogP contribution is 2.00. The highest BCUT2D eigenvalue weighted by atomic mass is 16.3. The quantitative estimate of drug-likeness (QED) is 0.752. The zero-order chi connectivity index (χ0) is 12.0. The number of hydrogen-bond donors (Lipinski definition) is 2. The third kappa shape index (κ3) is 3.06. The zero-order valence-corrected chi connectivity index (χ0v) is 9.81. The second-order valence-electron chi connectivity index (χ2n) is 3.71. The Balaban J connectivity index is 2.88. The van der Waals surface area contributed by atoms with Crippen molar-refractivity contribution in [2.45, 2.75) is 39.3 Å². The summed E-state index contributed by atoms with van der Waals surface area (Å²) in [5.41, 5.74) is -0.128. The van der Waals surface area contributed by atoms with Gasteiger partial charge in [-0.05, 0) is 12.8 Å². The lowest BCUT2D eigenvalue weighted by Crippen LogP contribution is -2.30. The molecule has 0 aliphatic rings. The van der Waals surface area contributed by atoms with E-state index in [9.17, 15) is 4.79 Å². The Morgan fingerprint density at radius 3 is 2.88 bits per heavy atom. The molecule has 1 aromatic rings. The normalized spacial score (nSPS) is 12.4. The molecule has 1 rings (SSSR count). The number of aryl methyl sites for hydroxylation is 1. The van der Waals surface area contributed by atoms with Crippen molar-refractivity contribution in [3.63, 3.8) is 0 Å². The van der Waals surface area contributed by atoms with E-state index in [0.29, 0.717) is 12.4 Å². The van der Waals surface area contributed by atoms with Gasteiger partial charge in [0.05, 0.1) is 12.6 Å². The van der Waals surface area contributed by atoms with Crippen LogP contribution in [-0.4, -0.2) is 27.3 Å². The molecule has 5 heteroatoms. The molecule has 16 heavy (non-hydrogen) atoms. The maximum Gasteiger partial charge on any atom is 0.293 e. The number of anilines is 1. The largest absolute Gasteiger partial charge is 0.394 e. The maximum absolute atomic E-state index is 11.9. The smallest absolute Gasteiger partial charge is 0.293 e. The Morgan fingerprint density at radius 1 is 1.56 bits per heavy atom. The van der Waals surface area contributed by atoms with Crippen molar-refractivity contribution in [2.75, 3.05) is 11.9 Å². The summed E-state index contributed by atoms with van der Waals surface area (Å²) >= 11 is 0. The lowest BCUT2D eigenvalue weighted by atomic mass is 10.2. The van der Waals surface area contributed by atoms with E-state index in [2.05, 4.69) is 10.3 Å². The molecule has 1 unspecified atom stereocenters. The molecule has 0 saturated heterocycles. The second kappa shape index (κ2) is 6.27. The van der Waals surface area contributed by atoms with Crippen molar-refractivity contribution in [1.29, 1.82) is 0 Å². The molecule has 0 aromatic carbocycles. The van der Waals surface area contributed by atoms with Gasteiger partial charge in [0.15, 0.2) is 5.82 Å². The Kier molecular flexibility index (Phi) is 4.98. The van der Waals surface area contributed by atoms with Crippen LogP contribution in [0.3, 0.4) is 0 Å². The van der Waals surface area contributed by atoms with Gasteiger partial charge in [0.25, 0.3) is 5.56 Å². The first-order valence-electron chi connectivity index (χ1n) is 5.65. The zero-order valence-electron chi connectivity index (χ0n) is 9.81. The number of rotatable bonds is 6. The standard InChI is InChI=1S/C11H19N3O2/c1-3-6-14-7-5-12-10(11(14)16)13-9(4-2)8-15/h5,7,9,15H,3-4,6,8H2,1-2H3,(H,12,13). The minimum absolute atomic E-state index is 0.000290. The first-order chi connectivity index (χ1) is 7.72. The molecule has 0 fully saturated rings. The number of aromatic nitrogens is 2. The van der Waals surface area contributed by atoms with Crippen LogP contribution >= 0.6 is 0 Å². The van der Waals surface area contributed by atoms with Crippen LogP contribution in [0.2, 0.25) is 0 Å². The van der Waals surface area contributed by atoms with E-state index in [1.54, 1.807) is 17.0 Å². The number of hydrogen-bond acceptors (Lipinski definition) is 4. The molecule has 0 amide bonds. The summed E-state index contributed by atoms with van der Waals surface area (Å²) in [5.74, 6) is 0.317. The molecule has 0 aliphatic heterocycles. The summed E-state index contributed by atoms with van der Waals surface area (Å²) in [4.78, 5) is 15.9. The molecule has 90 valence electrons. The molecule has 5 nitrogen and oxygen atoms in total. The fourth-order valence-corrected chi connectivity index (χ4v) is 1.43. The number of nitrogens with one attached hydrogen (secondary N) is 1. The highest BCUT2D eigenvalue weighted by molar-refractivity contribution is 5.32. The van der Waals surface area contributed by atoms with E-state index in [-0.39, 0.29) is 18.2 Å². The summed E-state index contributed by atoms with van der Waals surface area (Å²) in [6.07, 6.45) is 4.93. The Morgan fingerprint density at radius 2 is 2.31 bits per heavy atom. The number of nitrogens with zero attached hydrogens (tertiary/aromatic N) is 2. The molecule has 2 N–H and O–H groups in total. The molecule has 1 atom stereocenters. The van der Waals surface area contributed by atoms with Gasteiger partial charge in [0.1, 0.15) is 0 Å². The van der Waals surface area contributed by atoms with Crippen LogP contribution in [0.15, 0.2) is 17.2 Å². The lowest BCUT2D eigenvalue weighted by molar-refractivity contribution is 0.271. The summed E-state index contributed by atoms with van der Waals surface area (Å²) in [6, 6.07) is -0.113. The van der Waals surface area contributed by atoms with Gasteiger partial charge in [-0.3, -0.25) is 4.79 Å². The van der Waals surface area contributed by atoms with Crippen molar-refractivity contribution in [1.82, 2.24) is 9.55 Å². The summed E-state index contributed by atoms with van der Waals surface area (Å²) in [5, 5.41) is 12.0. The predicted molar refractivity (Wildman–Crippen MR) is 63.6 cm³/mol. The average molecular weight is 225 g/mol. The molecular weight excluding hydrogens is 206 g/mol. The van der Waals surface area contributed by atoms with Crippen LogP contribution < -0.4 is 10.9 Å². The van der Waals surface area contributed by atoms with Gasteiger partial charge in [0, 0.05) is 18.9 Å². The van der Waals surface area contributed by atoms with Crippen LogP contribution in [-0.2, 0) is 6.54 Å². The van der Waals surface area contributed by atoms with Gasteiger partial charge >= 0.3 is 0 Å². The molecule has 0 saturated carbocycles. The molecule has 1 aromatic heterocycles. The molecule has 0 spiro atoms. The Hall–Kier alpha value is -1.36. The minimum atomic E-state index is -0.128.